The van der Waals surface area contributed by atoms with E-state index in [-0.39, 0.29) is 11.9 Å². The molecule has 1 aliphatic carbocycles. The summed E-state index contributed by atoms with van der Waals surface area (Å²) in [6, 6.07) is 0.749. The fraction of sp³-hybridized carbons (Fsp3) is 0.923. The summed E-state index contributed by atoms with van der Waals surface area (Å²) < 4.78 is 4.66. The molecule has 17 heavy (non-hydrogen) atoms. The van der Waals surface area contributed by atoms with Crippen LogP contribution in [0.5, 0.6) is 0 Å². The van der Waals surface area contributed by atoms with Crippen molar-refractivity contribution in [3.05, 3.63) is 0 Å². The van der Waals surface area contributed by atoms with E-state index >= 15 is 0 Å². The highest BCUT2D eigenvalue weighted by Crippen LogP contribution is 2.27. The van der Waals surface area contributed by atoms with Gasteiger partial charge in [-0.25, -0.2) is 0 Å². The van der Waals surface area contributed by atoms with Crippen LogP contribution in [0.3, 0.4) is 0 Å². The Bertz CT molecular complexity index is 243. The molecular formula is C13H23NO3. The highest BCUT2D eigenvalue weighted by molar-refractivity contribution is 5.72. The number of esters is 1. The maximum absolute atomic E-state index is 11.5. The number of aliphatic hydroxyl groups is 1. The Kier molecular flexibility index (Phi) is 4.80. The van der Waals surface area contributed by atoms with Crippen molar-refractivity contribution in [3.63, 3.8) is 0 Å². The van der Waals surface area contributed by atoms with Crippen molar-refractivity contribution < 1.29 is 14.6 Å². The Labute approximate surface area is 103 Å². The zero-order valence-electron chi connectivity index (χ0n) is 10.4. The summed E-state index contributed by atoms with van der Waals surface area (Å²) in [6.45, 7) is 1.54. The van der Waals surface area contributed by atoms with Gasteiger partial charge in [0.1, 0.15) is 0 Å². The molecular weight excluding hydrogens is 218 g/mol. The van der Waals surface area contributed by atoms with Gasteiger partial charge in [0, 0.05) is 6.04 Å². The highest BCUT2D eigenvalue weighted by atomic mass is 16.6. The van der Waals surface area contributed by atoms with Crippen LogP contribution < -0.4 is 0 Å². The van der Waals surface area contributed by atoms with E-state index in [1.165, 1.54) is 32.1 Å². The summed E-state index contributed by atoms with van der Waals surface area (Å²) in [5.74, 6) is -0.224. The van der Waals surface area contributed by atoms with E-state index in [0.717, 1.165) is 32.0 Å². The Morgan fingerprint density at radius 1 is 1.12 bits per heavy atom. The molecule has 0 aromatic heterocycles. The third-order valence-corrected chi connectivity index (χ3v) is 4.16. The van der Waals surface area contributed by atoms with Crippen molar-refractivity contribution in [2.45, 2.75) is 51.0 Å². The lowest BCUT2D eigenvalue weighted by atomic mass is 9.90. The number of hydrogen-bond donors (Lipinski definition) is 1. The standard InChI is InChI=1S/C13H23NO3/c15-10-17-13(16)11-6-8-14(9-7-11)12-4-2-1-3-5-12/h11-12,15H,1-10H2. The third kappa shape index (κ3) is 3.42. The molecule has 1 heterocycles. The first-order valence-corrected chi connectivity index (χ1v) is 6.83. The minimum atomic E-state index is -0.484. The number of hydrogen-bond acceptors (Lipinski definition) is 4. The van der Waals surface area contributed by atoms with E-state index in [4.69, 9.17) is 5.11 Å². The van der Waals surface area contributed by atoms with Gasteiger partial charge in [0.15, 0.2) is 6.79 Å². The van der Waals surface area contributed by atoms with Crippen molar-refractivity contribution in [1.29, 1.82) is 0 Å². The maximum Gasteiger partial charge on any atom is 0.311 e. The van der Waals surface area contributed by atoms with E-state index in [0.29, 0.717) is 0 Å². The summed E-state index contributed by atoms with van der Waals surface area (Å²) >= 11 is 0. The Hall–Kier alpha value is -0.610. The second kappa shape index (κ2) is 6.36. The molecule has 2 aliphatic rings. The average molecular weight is 241 g/mol. The first-order chi connectivity index (χ1) is 8.31. The van der Waals surface area contributed by atoms with Crippen LogP contribution >= 0.6 is 0 Å². The van der Waals surface area contributed by atoms with Crippen LogP contribution in [0.1, 0.15) is 44.9 Å². The van der Waals surface area contributed by atoms with Crippen molar-refractivity contribution >= 4 is 5.97 Å². The summed E-state index contributed by atoms with van der Waals surface area (Å²) in [5.41, 5.74) is 0. The zero-order valence-corrected chi connectivity index (χ0v) is 10.4. The maximum atomic E-state index is 11.5. The highest BCUT2D eigenvalue weighted by Gasteiger charge is 2.29. The predicted molar refractivity (Wildman–Crippen MR) is 64.3 cm³/mol. The van der Waals surface area contributed by atoms with Crippen molar-refractivity contribution in [2.75, 3.05) is 19.9 Å². The van der Waals surface area contributed by atoms with E-state index < -0.39 is 6.79 Å². The lowest BCUT2D eigenvalue weighted by Crippen LogP contribution is -2.43. The van der Waals surface area contributed by atoms with E-state index in [9.17, 15) is 4.79 Å². The minimum absolute atomic E-state index is 0.00184. The van der Waals surface area contributed by atoms with E-state index in [2.05, 4.69) is 9.64 Å². The van der Waals surface area contributed by atoms with Gasteiger partial charge in [0.25, 0.3) is 0 Å². The molecule has 2 rings (SSSR count). The summed E-state index contributed by atoms with van der Waals surface area (Å²) in [5, 5.41) is 8.57. The number of aliphatic hydroxyl groups excluding tert-OH is 1. The number of rotatable bonds is 3. The first kappa shape index (κ1) is 12.8. The van der Waals surface area contributed by atoms with Gasteiger partial charge in [-0.1, -0.05) is 19.3 Å². The Morgan fingerprint density at radius 3 is 2.35 bits per heavy atom. The predicted octanol–water partition coefficient (Wildman–Crippen LogP) is 1.52. The molecule has 98 valence electrons. The molecule has 2 fully saturated rings. The fourth-order valence-electron chi connectivity index (χ4n) is 3.13. The Morgan fingerprint density at radius 2 is 1.76 bits per heavy atom. The third-order valence-electron chi connectivity index (χ3n) is 4.16. The minimum Gasteiger partial charge on any atom is -0.438 e. The van der Waals surface area contributed by atoms with Crippen LogP contribution in [0.15, 0.2) is 0 Å². The number of carbonyl (C=O) groups is 1. The molecule has 0 bridgehead atoms. The number of carbonyl (C=O) groups excluding carboxylic acids is 1. The van der Waals surface area contributed by atoms with Gasteiger partial charge >= 0.3 is 5.97 Å². The van der Waals surface area contributed by atoms with Gasteiger partial charge in [0.05, 0.1) is 5.92 Å². The van der Waals surface area contributed by atoms with E-state index in [1.54, 1.807) is 0 Å². The zero-order chi connectivity index (χ0) is 12.1. The van der Waals surface area contributed by atoms with Gasteiger partial charge in [-0.05, 0) is 38.8 Å². The second-order valence-electron chi connectivity index (χ2n) is 5.19. The van der Waals surface area contributed by atoms with Gasteiger partial charge in [-0.15, -0.1) is 0 Å². The fourth-order valence-corrected chi connectivity index (χ4v) is 3.13. The molecule has 0 spiro atoms. The molecule has 4 heteroatoms. The monoisotopic (exact) mass is 241 g/mol. The molecule has 0 radical (unpaired) electrons. The molecule has 0 amide bonds. The number of piperidine rings is 1. The SMILES string of the molecule is O=C(OCO)C1CCN(C2CCCCC2)CC1. The van der Waals surface area contributed by atoms with Crippen molar-refractivity contribution in [3.8, 4) is 0 Å². The molecule has 0 atom stereocenters. The normalized spacial score (nSPS) is 24.8. The Balaban J connectivity index is 1.75. The quantitative estimate of drug-likeness (QED) is 0.601. The number of likely N-dealkylation sites (tertiary alicyclic amines) is 1. The van der Waals surface area contributed by atoms with Gasteiger partial charge in [-0.3, -0.25) is 4.79 Å². The van der Waals surface area contributed by atoms with Crippen LogP contribution in [-0.2, 0) is 9.53 Å². The number of ether oxygens (including phenoxy) is 1. The van der Waals surface area contributed by atoms with Gasteiger partial charge in [0.2, 0.25) is 0 Å². The molecule has 0 aromatic carbocycles. The van der Waals surface area contributed by atoms with Crippen LogP contribution in [0.4, 0.5) is 0 Å². The second-order valence-corrected chi connectivity index (χ2v) is 5.19. The van der Waals surface area contributed by atoms with Crippen LogP contribution in [0.25, 0.3) is 0 Å². The average Bonchev–Trinajstić information content (AvgIpc) is 2.40. The van der Waals surface area contributed by atoms with Crippen LogP contribution in [-0.4, -0.2) is 41.9 Å². The van der Waals surface area contributed by atoms with Crippen LogP contribution in [0.2, 0.25) is 0 Å². The molecule has 0 unspecified atom stereocenters. The summed E-state index contributed by atoms with van der Waals surface area (Å²) in [4.78, 5) is 14.0. The van der Waals surface area contributed by atoms with Crippen molar-refractivity contribution in [1.82, 2.24) is 4.90 Å². The number of nitrogens with zero attached hydrogens (tertiary/aromatic N) is 1. The van der Waals surface area contributed by atoms with Crippen LogP contribution in [0, 0.1) is 5.92 Å². The molecule has 1 saturated carbocycles. The molecule has 1 N–H and O–H groups in total. The van der Waals surface area contributed by atoms with Gasteiger partial charge in [-0.2, -0.15) is 0 Å². The largest absolute Gasteiger partial charge is 0.438 e. The molecule has 0 aromatic rings. The lowest BCUT2D eigenvalue weighted by Gasteiger charge is -2.38. The molecule has 1 aliphatic heterocycles. The van der Waals surface area contributed by atoms with E-state index in [1.807, 2.05) is 0 Å². The topological polar surface area (TPSA) is 49.8 Å². The molecule has 4 nitrogen and oxygen atoms in total. The van der Waals surface area contributed by atoms with Gasteiger partial charge < -0.3 is 14.7 Å². The first-order valence-electron chi connectivity index (χ1n) is 6.83. The summed E-state index contributed by atoms with van der Waals surface area (Å²) in [7, 11) is 0. The smallest absolute Gasteiger partial charge is 0.311 e. The molecule has 1 saturated heterocycles. The lowest BCUT2D eigenvalue weighted by molar-refractivity contribution is -0.158. The van der Waals surface area contributed by atoms with Crippen molar-refractivity contribution in [2.24, 2.45) is 5.92 Å². The summed E-state index contributed by atoms with van der Waals surface area (Å²) in [6.07, 6.45) is 8.52.